The van der Waals surface area contributed by atoms with E-state index < -0.39 is 0 Å². The Balaban J connectivity index is 1.65. The molecule has 0 saturated heterocycles. The van der Waals surface area contributed by atoms with E-state index in [-0.39, 0.29) is 5.91 Å². The molecule has 0 spiro atoms. The molecule has 4 rings (SSSR count). The Morgan fingerprint density at radius 2 is 1.61 bits per heavy atom. The van der Waals surface area contributed by atoms with Gasteiger partial charge in [0.25, 0.3) is 5.91 Å². The zero-order valence-electron chi connectivity index (χ0n) is 17.6. The number of methoxy groups -OCH3 is 1. The molecular formula is C25H23N3O2S. The van der Waals surface area contributed by atoms with E-state index in [2.05, 4.69) is 17.6 Å². The van der Waals surface area contributed by atoms with Crippen LogP contribution in [0, 0.1) is 13.8 Å². The van der Waals surface area contributed by atoms with Gasteiger partial charge in [0.2, 0.25) is 0 Å². The molecule has 2 N–H and O–H groups in total. The van der Waals surface area contributed by atoms with Crippen LogP contribution < -0.4 is 15.4 Å². The van der Waals surface area contributed by atoms with Crippen molar-refractivity contribution in [3.8, 4) is 17.0 Å². The molecule has 0 aliphatic carbocycles. The van der Waals surface area contributed by atoms with Gasteiger partial charge < -0.3 is 15.4 Å². The average Bonchev–Trinajstić information content (AvgIpc) is 3.21. The van der Waals surface area contributed by atoms with E-state index in [9.17, 15) is 4.79 Å². The third-order valence-electron chi connectivity index (χ3n) is 4.99. The van der Waals surface area contributed by atoms with Crippen LogP contribution >= 0.6 is 11.3 Å². The maximum atomic E-state index is 13.2. The van der Waals surface area contributed by atoms with Gasteiger partial charge in [-0.2, -0.15) is 0 Å². The maximum Gasteiger partial charge on any atom is 0.268 e. The number of amides is 1. The van der Waals surface area contributed by atoms with Crippen molar-refractivity contribution < 1.29 is 9.53 Å². The van der Waals surface area contributed by atoms with Gasteiger partial charge in [0.05, 0.1) is 12.8 Å². The summed E-state index contributed by atoms with van der Waals surface area (Å²) in [5.74, 6) is 0.602. The monoisotopic (exact) mass is 429 g/mol. The fourth-order valence-corrected chi connectivity index (χ4v) is 4.03. The molecule has 1 amide bonds. The highest BCUT2D eigenvalue weighted by atomic mass is 32.1. The van der Waals surface area contributed by atoms with E-state index in [1.807, 2.05) is 79.7 Å². The summed E-state index contributed by atoms with van der Waals surface area (Å²) in [6.07, 6.45) is 0. The van der Waals surface area contributed by atoms with Crippen LogP contribution in [0.3, 0.4) is 0 Å². The van der Waals surface area contributed by atoms with Crippen molar-refractivity contribution in [3.05, 3.63) is 88.8 Å². The lowest BCUT2D eigenvalue weighted by Gasteiger charge is -2.07. The number of rotatable bonds is 6. The summed E-state index contributed by atoms with van der Waals surface area (Å²) in [5.41, 5.74) is 5.51. The second-order valence-corrected chi connectivity index (χ2v) is 8.17. The molecule has 4 aromatic rings. The second-order valence-electron chi connectivity index (χ2n) is 7.17. The fourth-order valence-electron chi connectivity index (χ4n) is 3.12. The topological polar surface area (TPSA) is 63.2 Å². The SMILES string of the molecule is COc1ccc(Nc2nc(-c3ccccc3)c(C(=O)Nc3ccc(C)c(C)c3)s2)cc1. The first kappa shape index (κ1) is 20.6. The number of nitrogens with zero attached hydrogens (tertiary/aromatic N) is 1. The van der Waals surface area contributed by atoms with Gasteiger partial charge in [-0.1, -0.05) is 47.7 Å². The third-order valence-corrected chi connectivity index (χ3v) is 5.96. The Morgan fingerprint density at radius 3 is 2.29 bits per heavy atom. The molecule has 6 heteroatoms. The highest BCUT2D eigenvalue weighted by Gasteiger charge is 2.20. The summed E-state index contributed by atoms with van der Waals surface area (Å²) in [6, 6.07) is 23.2. The quantitative estimate of drug-likeness (QED) is 0.371. The first-order chi connectivity index (χ1) is 15.0. The average molecular weight is 430 g/mol. The number of nitrogens with one attached hydrogen (secondary N) is 2. The summed E-state index contributed by atoms with van der Waals surface area (Å²) in [7, 11) is 1.63. The normalized spacial score (nSPS) is 10.5. The van der Waals surface area contributed by atoms with Gasteiger partial charge in [0.15, 0.2) is 5.13 Å². The molecule has 0 atom stereocenters. The van der Waals surface area contributed by atoms with Crippen LogP contribution in [0.4, 0.5) is 16.5 Å². The predicted octanol–water partition coefficient (Wildman–Crippen LogP) is 6.43. The van der Waals surface area contributed by atoms with Crippen molar-refractivity contribution in [1.29, 1.82) is 0 Å². The van der Waals surface area contributed by atoms with Gasteiger partial charge in [0.1, 0.15) is 10.6 Å². The molecule has 31 heavy (non-hydrogen) atoms. The standard InChI is InChI=1S/C25H23N3O2S/c1-16-9-10-20(15-17(16)2)26-24(29)23-22(18-7-5-4-6-8-18)28-25(31-23)27-19-11-13-21(30-3)14-12-19/h4-15H,1-3H3,(H,26,29)(H,27,28). The molecule has 0 saturated carbocycles. The minimum Gasteiger partial charge on any atom is -0.497 e. The van der Waals surface area contributed by atoms with E-state index in [1.54, 1.807) is 7.11 Å². The maximum absolute atomic E-state index is 13.2. The summed E-state index contributed by atoms with van der Waals surface area (Å²) in [4.78, 5) is 18.5. The Kier molecular flexibility index (Phi) is 6.00. The number of hydrogen-bond donors (Lipinski definition) is 2. The molecule has 3 aromatic carbocycles. The number of hydrogen-bond acceptors (Lipinski definition) is 5. The van der Waals surface area contributed by atoms with Crippen LogP contribution in [0.1, 0.15) is 20.8 Å². The summed E-state index contributed by atoms with van der Waals surface area (Å²) in [6.45, 7) is 4.08. The lowest BCUT2D eigenvalue weighted by Crippen LogP contribution is -2.11. The smallest absolute Gasteiger partial charge is 0.268 e. The molecule has 0 aliphatic heterocycles. The Morgan fingerprint density at radius 1 is 0.903 bits per heavy atom. The van der Waals surface area contributed by atoms with Gasteiger partial charge in [-0.15, -0.1) is 0 Å². The van der Waals surface area contributed by atoms with Crippen LogP contribution in [0.2, 0.25) is 0 Å². The number of ether oxygens (including phenoxy) is 1. The lowest BCUT2D eigenvalue weighted by molar-refractivity contribution is 0.103. The van der Waals surface area contributed by atoms with Gasteiger partial charge >= 0.3 is 0 Å². The number of benzene rings is 3. The van der Waals surface area contributed by atoms with E-state index in [1.165, 1.54) is 16.9 Å². The van der Waals surface area contributed by atoms with E-state index in [0.717, 1.165) is 28.3 Å². The summed E-state index contributed by atoms with van der Waals surface area (Å²) in [5, 5.41) is 6.96. The van der Waals surface area contributed by atoms with Crippen LogP contribution in [0.15, 0.2) is 72.8 Å². The third kappa shape index (κ3) is 4.75. The number of aryl methyl sites for hydroxylation is 2. The predicted molar refractivity (Wildman–Crippen MR) is 128 cm³/mol. The molecular weight excluding hydrogens is 406 g/mol. The Labute approximate surface area is 185 Å². The van der Waals surface area contributed by atoms with Crippen LogP contribution in [-0.2, 0) is 0 Å². The minimum atomic E-state index is -0.178. The first-order valence-electron chi connectivity index (χ1n) is 9.89. The van der Waals surface area contributed by atoms with Crippen LogP contribution in [-0.4, -0.2) is 18.0 Å². The zero-order valence-corrected chi connectivity index (χ0v) is 18.4. The van der Waals surface area contributed by atoms with Crippen LogP contribution in [0.5, 0.6) is 5.75 Å². The number of carbonyl (C=O) groups is 1. The second kappa shape index (κ2) is 9.02. The molecule has 0 unspecified atom stereocenters. The van der Waals surface area contributed by atoms with Crippen LogP contribution in [0.25, 0.3) is 11.3 Å². The molecule has 0 aliphatic rings. The van der Waals surface area contributed by atoms with Gasteiger partial charge in [-0.3, -0.25) is 4.79 Å². The molecule has 0 fully saturated rings. The zero-order chi connectivity index (χ0) is 21.8. The molecule has 1 aromatic heterocycles. The van der Waals surface area contributed by atoms with Crippen molar-refractivity contribution in [3.63, 3.8) is 0 Å². The fraction of sp³-hybridized carbons (Fsp3) is 0.120. The number of carbonyl (C=O) groups excluding carboxylic acids is 1. The van der Waals surface area contributed by atoms with Crippen molar-refractivity contribution >= 4 is 33.8 Å². The Hall–Kier alpha value is -3.64. The van der Waals surface area contributed by atoms with E-state index in [0.29, 0.717) is 15.7 Å². The largest absolute Gasteiger partial charge is 0.497 e. The molecule has 0 bridgehead atoms. The molecule has 0 radical (unpaired) electrons. The van der Waals surface area contributed by atoms with Crippen molar-refractivity contribution in [1.82, 2.24) is 4.98 Å². The van der Waals surface area contributed by atoms with Gasteiger partial charge in [0, 0.05) is 16.9 Å². The molecule has 1 heterocycles. The van der Waals surface area contributed by atoms with Crippen molar-refractivity contribution in [2.45, 2.75) is 13.8 Å². The minimum absolute atomic E-state index is 0.178. The van der Waals surface area contributed by atoms with Gasteiger partial charge in [-0.05, 0) is 61.4 Å². The molecule has 156 valence electrons. The van der Waals surface area contributed by atoms with E-state index in [4.69, 9.17) is 9.72 Å². The Bertz CT molecular complexity index is 1200. The highest BCUT2D eigenvalue weighted by molar-refractivity contribution is 7.18. The van der Waals surface area contributed by atoms with Gasteiger partial charge in [-0.25, -0.2) is 4.98 Å². The summed E-state index contributed by atoms with van der Waals surface area (Å²) < 4.78 is 5.21. The van der Waals surface area contributed by atoms with E-state index >= 15 is 0 Å². The number of thiazole rings is 1. The summed E-state index contributed by atoms with van der Waals surface area (Å²) >= 11 is 1.33. The van der Waals surface area contributed by atoms with Crippen molar-refractivity contribution in [2.75, 3.05) is 17.7 Å². The van der Waals surface area contributed by atoms with Crippen molar-refractivity contribution in [2.24, 2.45) is 0 Å². The number of anilines is 3. The number of aromatic nitrogens is 1. The molecule has 5 nitrogen and oxygen atoms in total. The lowest BCUT2D eigenvalue weighted by atomic mass is 10.1. The first-order valence-corrected chi connectivity index (χ1v) is 10.7. The highest BCUT2D eigenvalue weighted by Crippen LogP contribution is 2.33.